The van der Waals surface area contributed by atoms with Crippen molar-refractivity contribution in [1.82, 2.24) is 4.57 Å². The number of hydrogen-bond donors (Lipinski definition) is 0. The first-order valence-electron chi connectivity index (χ1n) is 7.37. The van der Waals surface area contributed by atoms with E-state index in [0.29, 0.717) is 0 Å². The van der Waals surface area contributed by atoms with Gasteiger partial charge in [-0.05, 0) is 57.0 Å². The Bertz CT molecular complexity index is 870. The number of aromatic nitrogens is 1. The number of carbonyl (C=O) groups is 1. The molecule has 2 aromatic rings. The number of carbonyl (C=O) groups excluding carboxylic acids is 1. The quantitative estimate of drug-likeness (QED) is 0.272. The molecule has 1 aromatic carbocycles. The molecule has 0 aliphatic rings. The maximum atomic E-state index is 14.4. The Morgan fingerprint density at radius 1 is 1.33 bits per heavy atom. The van der Waals surface area contributed by atoms with Crippen LogP contribution < -0.4 is 4.74 Å². The molecule has 1 atom stereocenters. The summed E-state index contributed by atoms with van der Waals surface area (Å²) >= 11 is 11.7. The number of nitrogens with zero attached hydrogens (tertiary/aromatic N) is 1. The number of esters is 1. The number of rotatable bonds is 5. The van der Waals surface area contributed by atoms with Crippen LogP contribution in [0.5, 0.6) is 5.75 Å². The summed E-state index contributed by atoms with van der Waals surface area (Å²) < 4.78 is 64.6. The van der Waals surface area contributed by atoms with E-state index in [0.717, 1.165) is 16.7 Å². The smallest absolute Gasteiger partial charge is 0.432 e. The van der Waals surface area contributed by atoms with Gasteiger partial charge < -0.3 is 14.0 Å². The summed E-state index contributed by atoms with van der Waals surface area (Å²) in [5, 5.41) is 0. The minimum absolute atomic E-state index is 0.00515. The van der Waals surface area contributed by atoms with Gasteiger partial charge in [-0.25, -0.2) is 9.18 Å². The van der Waals surface area contributed by atoms with Crippen LogP contribution in [0.2, 0.25) is 0 Å². The molecule has 2 rings (SSSR count). The lowest BCUT2D eigenvalue weighted by molar-refractivity contribution is -0.147. The molecule has 0 radical (unpaired) electrons. The first kappa shape index (κ1) is 22.0. The zero-order valence-corrected chi connectivity index (χ0v) is 17.8. The maximum Gasteiger partial charge on any atom is 0.432 e. The minimum atomic E-state index is -4.66. The molecule has 1 heterocycles. The third-order valence-electron chi connectivity index (χ3n) is 3.45. The van der Waals surface area contributed by atoms with Crippen molar-refractivity contribution < 1.29 is 31.8 Å². The Labute approximate surface area is 173 Å². The fourth-order valence-electron chi connectivity index (χ4n) is 2.31. The molecule has 0 bridgehead atoms. The molecule has 0 N–H and O–H groups in total. The molecular weight excluding hydrogens is 525 g/mol. The second-order valence-corrected chi connectivity index (χ2v) is 7.15. The topological polar surface area (TPSA) is 40.5 Å². The van der Waals surface area contributed by atoms with Crippen molar-refractivity contribution in [1.29, 1.82) is 0 Å². The Kier molecular flexibility index (Phi) is 6.86. The largest absolute Gasteiger partial charge is 0.463 e. The van der Waals surface area contributed by atoms with E-state index in [1.54, 1.807) is 6.92 Å². The SMILES string of the molecule is CCOC(=O)C(Cl)Oc1ccc(F)c(-c2c(Br)c(C(F)(F)F)n(C)c2Br)c1. The Balaban J connectivity index is 2.50. The zero-order chi connectivity index (χ0) is 20.5. The van der Waals surface area contributed by atoms with Crippen LogP contribution in [0.4, 0.5) is 17.6 Å². The van der Waals surface area contributed by atoms with Gasteiger partial charge in [0.05, 0.1) is 15.7 Å². The molecule has 148 valence electrons. The molecule has 0 spiro atoms. The van der Waals surface area contributed by atoms with E-state index in [1.807, 2.05) is 0 Å². The van der Waals surface area contributed by atoms with Crippen molar-refractivity contribution in [3.8, 4) is 16.9 Å². The van der Waals surface area contributed by atoms with Gasteiger partial charge in [-0.15, -0.1) is 0 Å². The van der Waals surface area contributed by atoms with Crippen molar-refractivity contribution >= 4 is 49.4 Å². The summed E-state index contributed by atoms with van der Waals surface area (Å²) in [4.78, 5) is 11.5. The van der Waals surface area contributed by atoms with E-state index < -0.39 is 29.2 Å². The van der Waals surface area contributed by atoms with Crippen molar-refractivity contribution in [2.24, 2.45) is 7.05 Å². The van der Waals surface area contributed by atoms with E-state index in [2.05, 4.69) is 31.9 Å². The van der Waals surface area contributed by atoms with Crippen LogP contribution in [0.15, 0.2) is 27.3 Å². The maximum absolute atomic E-state index is 14.4. The van der Waals surface area contributed by atoms with Gasteiger partial charge in [-0.1, -0.05) is 11.6 Å². The lowest BCUT2D eigenvalue weighted by Gasteiger charge is -2.13. The van der Waals surface area contributed by atoms with Gasteiger partial charge in [0, 0.05) is 18.2 Å². The highest BCUT2D eigenvalue weighted by molar-refractivity contribution is 9.11. The Morgan fingerprint density at radius 2 is 1.96 bits per heavy atom. The van der Waals surface area contributed by atoms with Crippen LogP contribution in [0.1, 0.15) is 12.6 Å². The molecule has 1 aromatic heterocycles. The standard InChI is InChI=1S/C16H12Br2ClF4NO3/c1-3-26-15(25)14(19)27-7-4-5-9(20)8(6-7)10-11(17)12(16(21,22)23)24(2)13(10)18/h4-6,14H,3H2,1-2H3. The minimum Gasteiger partial charge on any atom is -0.463 e. The summed E-state index contributed by atoms with van der Waals surface area (Å²) in [5.41, 5.74) is -2.71. The molecule has 1 unspecified atom stereocenters. The van der Waals surface area contributed by atoms with Crippen LogP contribution in [-0.2, 0) is 22.8 Å². The molecule has 0 aliphatic heterocycles. The van der Waals surface area contributed by atoms with Crippen LogP contribution in [0, 0.1) is 5.82 Å². The van der Waals surface area contributed by atoms with Crippen molar-refractivity contribution in [3.05, 3.63) is 38.8 Å². The fraction of sp³-hybridized carbons (Fsp3) is 0.312. The molecule has 0 fully saturated rings. The molecule has 0 saturated heterocycles. The summed E-state index contributed by atoms with van der Waals surface area (Å²) in [5.74, 6) is -1.65. The van der Waals surface area contributed by atoms with E-state index in [-0.39, 0.29) is 32.6 Å². The third kappa shape index (κ3) is 4.60. The van der Waals surface area contributed by atoms with Gasteiger partial charge in [0.25, 0.3) is 5.56 Å². The second-order valence-electron chi connectivity index (χ2n) is 5.21. The number of hydrogen-bond acceptors (Lipinski definition) is 3. The van der Waals surface area contributed by atoms with Gasteiger partial charge >= 0.3 is 12.1 Å². The number of halogens is 7. The van der Waals surface area contributed by atoms with Gasteiger partial charge in [0.2, 0.25) is 0 Å². The van der Waals surface area contributed by atoms with Gasteiger partial charge in [-0.2, -0.15) is 13.2 Å². The average Bonchev–Trinajstić information content (AvgIpc) is 2.79. The summed E-state index contributed by atoms with van der Waals surface area (Å²) in [7, 11) is 1.19. The average molecular weight is 538 g/mol. The highest BCUT2D eigenvalue weighted by Crippen LogP contribution is 2.46. The normalized spacial score (nSPS) is 12.8. The molecule has 0 saturated carbocycles. The molecule has 4 nitrogen and oxygen atoms in total. The van der Waals surface area contributed by atoms with E-state index in [4.69, 9.17) is 21.1 Å². The third-order valence-corrected chi connectivity index (χ3v) is 5.42. The Morgan fingerprint density at radius 3 is 2.48 bits per heavy atom. The molecule has 11 heteroatoms. The predicted molar refractivity (Wildman–Crippen MR) is 98.1 cm³/mol. The van der Waals surface area contributed by atoms with E-state index >= 15 is 0 Å². The lowest BCUT2D eigenvalue weighted by Crippen LogP contribution is -2.23. The first-order chi connectivity index (χ1) is 12.5. The first-order valence-corrected chi connectivity index (χ1v) is 9.39. The lowest BCUT2D eigenvalue weighted by atomic mass is 10.1. The fourth-order valence-corrected chi connectivity index (χ4v) is 4.22. The number of alkyl halides is 4. The summed E-state index contributed by atoms with van der Waals surface area (Å²) in [6, 6.07) is 3.34. The zero-order valence-electron chi connectivity index (χ0n) is 13.8. The van der Waals surface area contributed by atoms with Gasteiger partial charge in [0.1, 0.15) is 17.3 Å². The van der Waals surface area contributed by atoms with Crippen molar-refractivity contribution in [2.75, 3.05) is 6.61 Å². The van der Waals surface area contributed by atoms with Crippen molar-refractivity contribution in [2.45, 2.75) is 18.7 Å². The summed E-state index contributed by atoms with van der Waals surface area (Å²) in [6.45, 7) is 1.67. The molecule has 0 aliphatic carbocycles. The van der Waals surface area contributed by atoms with Crippen LogP contribution in [0.3, 0.4) is 0 Å². The number of ether oxygens (including phenoxy) is 2. The summed E-state index contributed by atoms with van der Waals surface area (Å²) in [6.07, 6.45) is -4.66. The van der Waals surface area contributed by atoms with E-state index in [9.17, 15) is 22.4 Å². The van der Waals surface area contributed by atoms with Gasteiger partial charge in [-0.3, -0.25) is 0 Å². The highest BCUT2D eigenvalue weighted by Gasteiger charge is 2.39. The molecule has 0 amide bonds. The van der Waals surface area contributed by atoms with Crippen molar-refractivity contribution in [3.63, 3.8) is 0 Å². The van der Waals surface area contributed by atoms with Crippen LogP contribution >= 0.6 is 43.5 Å². The second kappa shape index (κ2) is 8.40. The van der Waals surface area contributed by atoms with Crippen LogP contribution in [-0.4, -0.2) is 22.7 Å². The Hall–Kier alpha value is -1.26. The molecule has 27 heavy (non-hydrogen) atoms. The van der Waals surface area contributed by atoms with E-state index in [1.165, 1.54) is 13.1 Å². The highest BCUT2D eigenvalue weighted by atomic mass is 79.9. The van der Waals surface area contributed by atoms with Crippen LogP contribution in [0.25, 0.3) is 11.1 Å². The monoisotopic (exact) mass is 535 g/mol. The number of benzene rings is 1. The van der Waals surface area contributed by atoms with Gasteiger partial charge in [0.15, 0.2) is 0 Å². The molecular formula is C16H12Br2ClF4NO3. The predicted octanol–water partition coefficient (Wildman–Crippen LogP) is 5.88.